The first kappa shape index (κ1) is 17.9. The van der Waals surface area contributed by atoms with Gasteiger partial charge in [0.05, 0.1) is 13.2 Å². The highest BCUT2D eigenvalue weighted by Crippen LogP contribution is 1.96. The Morgan fingerprint density at radius 2 is 2.05 bits per heavy atom. The topological polar surface area (TPSA) is 115 Å². The number of hydrogen-bond acceptors (Lipinski definition) is 6. The number of nitriles is 1. The highest BCUT2D eigenvalue weighted by atomic mass is 16.5. The van der Waals surface area contributed by atoms with Gasteiger partial charge in [0, 0.05) is 45.3 Å². The average molecular weight is 310 g/mol. The minimum atomic E-state index is -0.907. The van der Waals surface area contributed by atoms with Crippen LogP contribution in [0.15, 0.2) is 11.8 Å². The third kappa shape index (κ3) is 7.61. The molecule has 22 heavy (non-hydrogen) atoms. The van der Waals surface area contributed by atoms with E-state index in [4.69, 9.17) is 15.1 Å². The van der Waals surface area contributed by atoms with Gasteiger partial charge in [-0.05, 0) is 6.42 Å². The number of carbonyl (C=O) groups excluding carboxylic acids is 1. The minimum Gasteiger partial charge on any atom is -0.481 e. The Morgan fingerprint density at radius 1 is 1.32 bits per heavy atom. The van der Waals surface area contributed by atoms with Gasteiger partial charge in [-0.15, -0.1) is 0 Å². The zero-order valence-corrected chi connectivity index (χ0v) is 12.5. The van der Waals surface area contributed by atoms with Crippen molar-refractivity contribution < 1.29 is 19.4 Å². The summed E-state index contributed by atoms with van der Waals surface area (Å²) in [6.07, 6.45) is 1.72. The van der Waals surface area contributed by atoms with Crippen LogP contribution >= 0.6 is 0 Å². The summed E-state index contributed by atoms with van der Waals surface area (Å²) in [7, 11) is 0. The van der Waals surface area contributed by atoms with E-state index in [2.05, 4.69) is 15.5 Å². The Kier molecular flexibility index (Phi) is 8.64. The van der Waals surface area contributed by atoms with Crippen LogP contribution in [0.5, 0.6) is 0 Å². The second-order valence-corrected chi connectivity index (χ2v) is 4.83. The molecule has 1 heterocycles. The molecule has 1 aliphatic rings. The second kappa shape index (κ2) is 10.6. The van der Waals surface area contributed by atoms with Gasteiger partial charge in [-0.1, -0.05) is 0 Å². The van der Waals surface area contributed by atoms with Crippen LogP contribution < -0.4 is 10.6 Å². The molecule has 0 saturated carbocycles. The monoisotopic (exact) mass is 310 g/mol. The van der Waals surface area contributed by atoms with Gasteiger partial charge in [0.15, 0.2) is 0 Å². The molecule has 0 radical (unpaired) electrons. The molecule has 0 aromatic carbocycles. The number of carbonyl (C=O) groups is 2. The number of rotatable bonds is 9. The lowest BCUT2D eigenvalue weighted by molar-refractivity contribution is -0.137. The lowest BCUT2D eigenvalue weighted by Gasteiger charge is -2.26. The smallest absolute Gasteiger partial charge is 0.303 e. The van der Waals surface area contributed by atoms with E-state index in [9.17, 15) is 9.59 Å². The highest BCUT2D eigenvalue weighted by Gasteiger charge is 2.10. The van der Waals surface area contributed by atoms with Gasteiger partial charge < -0.3 is 20.5 Å². The number of carboxylic acid groups (broad SMARTS) is 1. The fourth-order valence-electron chi connectivity index (χ4n) is 1.91. The van der Waals surface area contributed by atoms with Crippen LogP contribution in [-0.4, -0.2) is 67.8 Å². The van der Waals surface area contributed by atoms with E-state index in [0.29, 0.717) is 13.0 Å². The minimum absolute atomic E-state index is 0.0102. The third-order valence-corrected chi connectivity index (χ3v) is 3.14. The molecule has 8 nitrogen and oxygen atoms in total. The molecule has 1 amide bonds. The fourth-order valence-corrected chi connectivity index (χ4v) is 1.91. The Hall–Kier alpha value is -2.11. The summed E-state index contributed by atoms with van der Waals surface area (Å²) in [5.74, 6) is -1.40. The molecule has 0 aromatic rings. The number of amides is 1. The normalized spacial score (nSPS) is 15.9. The van der Waals surface area contributed by atoms with Crippen molar-refractivity contribution in [3.63, 3.8) is 0 Å². The van der Waals surface area contributed by atoms with Gasteiger partial charge in [-0.25, -0.2) is 0 Å². The summed E-state index contributed by atoms with van der Waals surface area (Å²) >= 11 is 0. The van der Waals surface area contributed by atoms with E-state index >= 15 is 0 Å². The van der Waals surface area contributed by atoms with Crippen LogP contribution in [0.1, 0.15) is 12.8 Å². The van der Waals surface area contributed by atoms with E-state index in [-0.39, 0.29) is 18.5 Å². The predicted molar refractivity (Wildman–Crippen MR) is 78.8 cm³/mol. The lowest BCUT2D eigenvalue weighted by Crippen LogP contribution is -2.39. The quantitative estimate of drug-likeness (QED) is 0.293. The lowest BCUT2D eigenvalue weighted by atomic mass is 10.2. The third-order valence-electron chi connectivity index (χ3n) is 3.14. The van der Waals surface area contributed by atoms with Crippen LogP contribution in [0, 0.1) is 11.3 Å². The van der Waals surface area contributed by atoms with Crippen LogP contribution in [-0.2, 0) is 14.3 Å². The Morgan fingerprint density at radius 3 is 2.68 bits per heavy atom. The fraction of sp³-hybridized carbons (Fsp3) is 0.643. The van der Waals surface area contributed by atoms with Crippen LogP contribution in [0.3, 0.4) is 0 Å². The second-order valence-electron chi connectivity index (χ2n) is 4.83. The number of hydrogen-bond donors (Lipinski definition) is 3. The number of carboxylic acids is 1. The number of morpholine rings is 1. The first-order valence-corrected chi connectivity index (χ1v) is 7.27. The van der Waals surface area contributed by atoms with E-state index in [0.717, 1.165) is 32.8 Å². The van der Waals surface area contributed by atoms with Gasteiger partial charge in [-0.2, -0.15) is 5.26 Å². The summed E-state index contributed by atoms with van der Waals surface area (Å²) in [6, 6.07) is 1.83. The van der Waals surface area contributed by atoms with Crippen LogP contribution in [0.2, 0.25) is 0 Å². The van der Waals surface area contributed by atoms with Gasteiger partial charge in [0.1, 0.15) is 11.6 Å². The number of aliphatic carboxylic acids is 1. The molecule has 1 rings (SSSR count). The maximum absolute atomic E-state index is 11.7. The Bertz CT molecular complexity index is 439. The first-order valence-electron chi connectivity index (χ1n) is 7.27. The molecule has 0 atom stereocenters. The predicted octanol–water partition coefficient (Wildman–Crippen LogP) is -0.703. The molecular weight excluding hydrogens is 288 g/mol. The van der Waals surface area contributed by atoms with Gasteiger partial charge in [0.2, 0.25) is 0 Å². The van der Waals surface area contributed by atoms with Crippen molar-refractivity contribution in [2.75, 3.05) is 45.9 Å². The molecule has 1 aliphatic heterocycles. The average Bonchev–Trinajstić information content (AvgIpc) is 2.52. The molecule has 0 aliphatic carbocycles. The summed E-state index contributed by atoms with van der Waals surface area (Å²) in [5, 5.41) is 22.9. The molecule has 1 saturated heterocycles. The summed E-state index contributed by atoms with van der Waals surface area (Å²) in [4.78, 5) is 24.3. The van der Waals surface area contributed by atoms with E-state index in [1.165, 1.54) is 6.20 Å². The van der Waals surface area contributed by atoms with Crippen molar-refractivity contribution in [1.82, 2.24) is 15.5 Å². The van der Waals surface area contributed by atoms with E-state index in [1.54, 1.807) is 0 Å². The molecule has 0 unspecified atom stereocenters. The molecule has 8 heteroatoms. The molecule has 122 valence electrons. The zero-order chi connectivity index (χ0) is 16.2. The molecule has 0 bridgehead atoms. The first-order chi connectivity index (χ1) is 10.6. The summed E-state index contributed by atoms with van der Waals surface area (Å²) in [6.45, 7) is 4.94. The molecule has 1 fully saturated rings. The van der Waals surface area contributed by atoms with Gasteiger partial charge >= 0.3 is 5.97 Å². The largest absolute Gasteiger partial charge is 0.481 e. The summed E-state index contributed by atoms with van der Waals surface area (Å²) in [5.41, 5.74) is -0.0164. The maximum atomic E-state index is 11.7. The number of nitrogens with one attached hydrogen (secondary N) is 2. The van der Waals surface area contributed by atoms with Crippen molar-refractivity contribution >= 4 is 11.9 Å². The van der Waals surface area contributed by atoms with E-state index < -0.39 is 11.9 Å². The van der Waals surface area contributed by atoms with E-state index in [1.807, 2.05) is 6.07 Å². The van der Waals surface area contributed by atoms with Crippen molar-refractivity contribution in [1.29, 1.82) is 5.26 Å². The maximum Gasteiger partial charge on any atom is 0.303 e. The highest BCUT2D eigenvalue weighted by molar-refractivity contribution is 5.97. The Labute approximate surface area is 129 Å². The SMILES string of the molecule is N#C/C(=C/NCCN1CCOCC1)C(=O)NCCCC(=O)O. The van der Waals surface area contributed by atoms with Gasteiger partial charge in [0.25, 0.3) is 5.91 Å². The van der Waals surface area contributed by atoms with Crippen molar-refractivity contribution in [2.24, 2.45) is 0 Å². The van der Waals surface area contributed by atoms with Crippen molar-refractivity contribution in [3.05, 3.63) is 11.8 Å². The zero-order valence-electron chi connectivity index (χ0n) is 12.5. The molecule has 0 spiro atoms. The standard InChI is InChI=1S/C14H22N4O4/c15-10-12(14(21)17-3-1-2-13(19)20)11-16-4-5-18-6-8-22-9-7-18/h11,16H,1-9H2,(H,17,21)(H,19,20)/b12-11-. The molecule has 3 N–H and O–H groups in total. The van der Waals surface area contributed by atoms with Crippen molar-refractivity contribution in [2.45, 2.75) is 12.8 Å². The number of nitrogens with zero attached hydrogens (tertiary/aromatic N) is 2. The number of ether oxygens (including phenoxy) is 1. The molecular formula is C14H22N4O4. The van der Waals surface area contributed by atoms with Gasteiger partial charge in [-0.3, -0.25) is 14.5 Å². The Balaban J connectivity index is 2.22. The molecule has 0 aromatic heterocycles. The van der Waals surface area contributed by atoms with Crippen LogP contribution in [0.4, 0.5) is 0 Å². The van der Waals surface area contributed by atoms with Crippen molar-refractivity contribution in [3.8, 4) is 6.07 Å². The summed E-state index contributed by atoms with van der Waals surface area (Å²) < 4.78 is 5.25. The van der Waals surface area contributed by atoms with Crippen LogP contribution in [0.25, 0.3) is 0 Å².